The molecule has 0 bridgehead atoms. The van der Waals surface area contributed by atoms with Crippen molar-refractivity contribution in [1.29, 1.82) is 0 Å². The number of rotatable bonds is 8. The van der Waals surface area contributed by atoms with Gasteiger partial charge in [-0.25, -0.2) is 8.42 Å². The van der Waals surface area contributed by atoms with Gasteiger partial charge in [0.25, 0.3) is 5.91 Å². The second kappa shape index (κ2) is 10.7. The first kappa shape index (κ1) is 23.7. The molecular formula is C25H26N2O6S. The molecule has 1 N–H and O–H groups in total. The van der Waals surface area contributed by atoms with E-state index in [1.165, 1.54) is 10.4 Å². The van der Waals surface area contributed by atoms with Gasteiger partial charge in [-0.3, -0.25) is 4.79 Å². The molecule has 0 saturated carbocycles. The molecule has 34 heavy (non-hydrogen) atoms. The van der Waals surface area contributed by atoms with Crippen LogP contribution in [0, 0.1) is 0 Å². The van der Waals surface area contributed by atoms with Crippen molar-refractivity contribution in [2.24, 2.45) is 0 Å². The van der Waals surface area contributed by atoms with Gasteiger partial charge in [0.05, 0.1) is 19.8 Å². The molecule has 9 heteroatoms. The maximum atomic E-state index is 13.2. The molecule has 0 spiro atoms. The Kier molecular flexibility index (Phi) is 7.46. The summed E-state index contributed by atoms with van der Waals surface area (Å²) in [5, 5.41) is 2.77. The number of morpholine rings is 1. The highest BCUT2D eigenvalue weighted by molar-refractivity contribution is 7.89. The van der Waals surface area contributed by atoms with Gasteiger partial charge < -0.3 is 19.5 Å². The van der Waals surface area contributed by atoms with E-state index >= 15 is 0 Å². The van der Waals surface area contributed by atoms with Gasteiger partial charge >= 0.3 is 0 Å². The Morgan fingerprint density at radius 1 is 0.971 bits per heavy atom. The van der Waals surface area contributed by atoms with Gasteiger partial charge in [0.15, 0.2) is 0 Å². The van der Waals surface area contributed by atoms with E-state index in [4.69, 9.17) is 14.2 Å². The number of carbonyl (C=O) groups is 1. The van der Waals surface area contributed by atoms with Gasteiger partial charge in [-0.2, -0.15) is 4.31 Å². The van der Waals surface area contributed by atoms with E-state index in [1.807, 2.05) is 30.3 Å². The van der Waals surface area contributed by atoms with Crippen molar-refractivity contribution in [3.63, 3.8) is 0 Å². The number of nitrogens with one attached hydrogen (secondary N) is 1. The summed E-state index contributed by atoms with van der Waals surface area (Å²) in [6, 6.07) is 20.6. The van der Waals surface area contributed by atoms with Crippen LogP contribution in [0.15, 0.2) is 77.7 Å². The highest BCUT2D eigenvalue weighted by Crippen LogP contribution is 2.31. The fourth-order valence-electron chi connectivity index (χ4n) is 3.49. The average Bonchev–Trinajstić information content (AvgIpc) is 2.86. The molecule has 178 valence electrons. The van der Waals surface area contributed by atoms with E-state index in [1.54, 1.807) is 43.3 Å². The molecule has 4 rings (SSSR count). The number of sulfonamides is 1. The van der Waals surface area contributed by atoms with Crippen molar-refractivity contribution in [2.45, 2.75) is 11.8 Å². The molecule has 0 radical (unpaired) electrons. The predicted octanol–water partition coefficient (Wildman–Crippen LogP) is 4.15. The summed E-state index contributed by atoms with van der Waals surface area (Å²) in [5.41, 5.74) is 0.761. The van der Waals surface area contributed by atoms with Crippen LogP contribution in [0.2, 0.25) is 0 Å². The lowest BCUT2D eigenvalue weighted by Crippen LogP contribution is -2.40. The Morgan fingerprint density at radius 2 is 1.65 bits per heavy atom. The summed E-state index contributed by atoms with van der Waals surface area (Å²) in [4.78, 5) is 12.8. The highest BCUT2D eigenvalue weighted by Gasteiger charge is 2.29. The first-order valence-corrected chi connectivity index (χ1v) is 12.4. The minimum atomic E-state index is -3.81. The van der Waals surface area contributed by atoms with Crippen LogP contribution in [0.5, 0.6) is 17.2 Å². The Morgan fingerprint density at radius 3 is 2.32 bits per heavy atom. The van der Waals surface area contributed by atoms with Gasteiger partial charge in [-0.05, 0) is 61.5 Å². The summed E-state index contributed by atoms with van der Waals surface area (Å²) in [6.07, 6.45) is 0. The minimum absolute atomic E-state index is 0.0145. The second-order valence-corrected chi connectivity index (χ2v) is 9.41. The van der Waals surface area contributed by atoms with E-state index in [9.17, 15) is 13.2 Å². The summed E-state index contributed by atoms with van der Waals surface area (Å²) in [6.45, 7) is 3.30. The fourth-order valence-corrected chi connectivity index (χ4v) is 5.06. The standard InChI is InChI=1S/C25H26N2O6S/c1-2-32-23-13-10-20(18-24(23)34(29,30)27-14-16-31-17-15-27)26-25(28)19-8-11-22(12-9-19)33-21-6-4-3-5-7-21/h3-13,18H,2,14-17H2,1H3,(H,26,28). The molecule has 3 aromatic carbocycles. The van der Waals surface area contributed by atoms with Gasteiger partial charge in [0.1, 0.15) is 22.1 Å². The third kappa shape index (κ3) is 5.56. The van der Waals surface area contributed by atoms with Crippen LogP contribution in [0.25, 0.3) is 0 Å². The molecular weight excluding hydrogens is 456 g/mol. The van der Waals surface area contributed by atoms with Crippen LogP contribution < -0.4 is 14.8 Å². The minimum Gasteiger partial charge on any atom is -0.492 e. The molecule has 0 unspecified atom stereocenters. The number of anilines is 1. The number of hydrogen-bond acceptors (Lipinski definition) is 6. The molecule has 0 aliphatic carbocycles. The smallest absolute Gasteiger partial charge is 0.255 e. The lowest BCUT2D eigenvalue weighted by Gasteiger charge is -2.27. The maximum absolute atomic E-state index is 13.2. The summed E-state index contributed by atoms with van der Waals surface area (Å²) < 4.78 is 44.4. The molecule has 8 nitrogen and oxygen atoms in total. The van der Waals surface area contributed by atoms with Gasteiger partial charge in [-0.15, -0.1) is 0 Å². The van der Waals surface area contributed by atoms with Crippen molar-refractivity contribution in [1.82, 2.24) is 4.31 Å². The van der Waals surface area contributed by atoms with Crippen molar-refractivity contribution in [3.8, 4) is 17.2 Å². The number of benzene rings is 3. The summed E-state index contributed by atoms with van der Waals surface area (Å²) in [5.74, 6) is 1.17. The predicted molar refractivity (Wildman–Crippen MR) is 128 cm³/mol. The number of para-hydroxylation sites is 1. The van der Waals surface area contributed by atoms with Crippen LogP contribution in [0.1, 0.15) is 17.3 Å². The van der Waals surface area contributed by atoms with Gasteiger partial charge in [0.2, 0.25) is 10.0 Å². The Bertz CT molecular complexity index is 1220. The highest BCUT2D eigenvalue weighted by atomic mass is 32.2. The van der Waals surface area contributed by atoms with Crippen molar-refractivity contribution < 1.29 is 27.4 Å². The Hall–Kier alpha value is -3.40. The van der Waals surface area contributed by atoms with E-state index in [2.05, 4.69) is 5.32 Å². The molecule has 0 aromatic heterocycles. The molecule has 1 fully saturated rings. The Balaban J connectivity index is 1.52. The molecule has 1 aliphatic heterocycles. The van der Waals surface area contributed by atoms with Crippen molar-refractivity contribution in [3.05, 3.63) is 78.4 Å². The topological polar surface area (TPSA) is 94.2 Å². The Labute approximate surface area is 199 Å². The van der Waals surface area contributed by atoms with Gasteiger partial charge in [0, 0.05) is 24.3 Å². The van der Waals surface area contributed by atoms with Crippen LogP contribution >= 0.6 is 0 Å². The summed E-state index contributed by atoms with van der Waals surface area (Å²) >= 11 is 0. The number of nitrogens with zero attached hydrogens (tertiary/aromatic N) is 1. The number of ether oxygens (including phenoxy) is 3. The number of carbonyl (C=O) groups excluding carboxylic acids is 1. The lowest BCUT2D eigenvalue weighted by molar-refractivity contribution is 0.0729. The second-order valence-electron chi connectivity index (χ2n) is 7.50. The van der Waals surface area contributed by atoms with Crippen LogP contribution in [0.3, 0.4) is 0 Å². The zero-order valence-corrected chi connectivity index (χ0v) is 19.6. The van der Waals surface area contributed by atoms with E-state index in [0.29, 0.717) is 42.6 Å². The maximum Gasteiger partial charge on any atom is 0.255 e. The van der Waals surface area contributed by atoms with Crippen LogP contribution in [-0.4, -0.2) is 51.5 Å². The van der Waals surface area contributed by atoms with Crippen LogP contribution in [-0.2, 0) is 14.8 Å². The number of hydrogen-bond donors (Lipinski definition) is 1. The molecule has 1 aliphatic rings. The molecule has 1 saturated heterocycles. The first-order valence-electron chi connectivity index (χ1n) is 11.0. The van der Waals surface area contributed by atoms with E-state index in [-0.39, 0.29) is 29.6 Å². The van der Waals surface area contributed by atoms with Crippen molar-refractivity contribution >= 4 is 21.6 Å². The third-order valence-corrected chi connectivity index (χ3v) is 7.10. The van der Waals surface area contributed by atoms with Crippen molar-refractivity contribution in [2.75, 3.05) is 38.2 Å². The average molecular weight is 483 g/mol. The normalized spacial score (nSPS) is 14.4. The van der Waals surface area contributed by atoms with Crippen LogP contribution in [0.4, 0.5) is 5.69 Å². The monoisotopic (exact) mass is 482 g/mol. The summed E-state index contributed by atoms with van der Waals surface area (Å²) in [7, 11) is -3.81. The zero-order valence-electron chi connectivity index (χ0n) is 18.8. The molecule has 0 atom stereocenters. The number of amides is 1. The quantitative estimate of drug-likeness (QED) is 0.518. The van der Waals surface area contributed by atoms with E-state index in [0.717, 1.165) is 0 Å². The molecule has 3 aromatic rings. The zero-order chi connectivity index (χ0) is 24.0. The fraction of sp³-hybridized carbons (Fsp3) is 0.240. The molecule has 1 heterocycles. The SMILES string of the molecule is CCOc1ccc(NC(=O)c2ccc(Oc3ccccc3)cc2)cc1S(=O)(=O)N1CCOCC1. The lowest BCUT2D eigenvalue weighted by atomic mass is 10.2. The first-order chi connectivity index (χ1) is 16.5. The largest absolute Gasteiger partial charge is 0.492 e. The van der Waals surface area contributed by atoms with Gasteiger partial charge in [-0.1, -0.05) is 18.2 Å². The van der Waals surface area contributed by atoms with E-state index < -0.39 is 10.0 Å². The third-order valence-electron chi connectivity index (χ3n) is 5.18. The molecule has 1 amide bonds.